The zero-order valence-corrected chi connectivity index (χ0v) is 10.0. The maximum Gasteiger partial charge on any atom is 0.273 e. The molecule has 2 rings (SSSR count). The molecule has 0 saturated heterocycles. The van der Waals surface area contributed by atoms with E-state index in [1.807, 2.05) is 0 Å². The third kappa shape index (κ3) is 2.93. The van der Waals surface area contributed by atoms with Crippen molar-refractivity contribution in [3.8, 4) is 0 Å². The molecule has 1 heterocycles. The van der Waals surface area contributed by atoms with Crippen LogP contribution in [-0.2, 0) is 0 Å². The second kappa shape index (κ2) is 5.12. The molecule has 0 unspecified atom stereocenters. The van der Waals surface area contributed by atoms with Crippen molar-refractivity contribution in [2.45, 2.75) is 38.6 Å². The van der Waals surface area contributed by atoms with Crippen LogP contribution < -0.4 is 11.1 Å². The van der Waals surface area contributed by atoms with Crippen LogP contribution in [0.5, 0.6) is 0 Å². The van der Waals surface area contributed by atoms with Gasteiger partial charge in [0, 0.05) is 18.4 Å². The first kappa shape index (κ1) is 11.8. The lowest BCUT2D eigenvalue weighted by molar-refractivity contribution is 0.0918. The number of nitrogens with two attached hydrogens (primary N) is 1. The Morgan fingerprint density at radius 2 is 1.94 bits per heavy atom. The van der Waals surface area contributed by atoms with Crippen molar-refractivity contribution in [1.29, 1.82) is 0 Å². The molecule has 0 radical (unpaired) electrons. The van der Waals surface area contributed by atoms with Gasteiger partial charge in [-0.15, -0.1) is 0 Å². The molecular weight excluding hydrogens is 216 g/mol. The average Bonchev–Trinajstić information content (AvgIpc) is 2.32. The zero-order chi connectivity index (χ0) is 12.3. The molecular formula is C12H18N4O. The van der Waals surface area contributed by atoms with Crippen LogP contribution in [0.1, 0.15) is 43.1 Å². The van der Waals surface area contributed by atoms with Crippen LogP contribution in [-0.4, -0.2) is 21.9 Å². The molecule has 0 bridgehead atoms. The van der Waals surface area contributed by atoms with E-state index in [-0.39, 0.29) is 23.5 Å². The van der Waals surface area contributed by atoms with Gasteiger partial charge in [0.15, 0.2) is 11.5 Å². The Bertz CT molecular complexity index is 399. The van der Waals surface area contributed by atoms with E-state index in [0.717, 1.165) is 18.8 Å². The molecule has 5 heteroatoms. The molecule has 1 aromatic rings. The van der Waals surface area contributed by atoms with Crippen LogP contribution in [0.2, 0.25) is 0 Å². The Balaban J connectivity index is 1.96. The largest absolute Gasteiger partial charge is 0.382 e. The van der Waals surface area contributed by atoms with Crippen molar-refractivity contribution in [3.05, 3.63) is 18.1 Å². The lowest BCUT2D eigenvalue weighted by atomic mass is 9.87. The molecule has 17 heavy (non-hydrogen) atoms. The number of rotatable bonds is 2. The summed E-state index contributed by atoms with van der Waals surface area (Å²) in [7, 11) is 0. The van der Waals surface area contributed by atoms with Gasteiger partial charge < -0.3 is 11.1 Å². The lowest BCUT2D eigenvalue weighted by Gasteiger charge is -2.26. The minimum Gasteiger partial charge on any atom is -0.382 e. The van der Waals surface area contributed by atoms with E-state index >= 15 is 0 Å². The van der Waals surface area contributed by atoms with Crippen LogP contribution in [0.4, 0.5) is 5.82 Å². The summed E-state index contributed by atoms with van der Waals surface area (Å²) in [6.45, 7) is 2.25. The van der Waals surface area contributed by atoms with Crippen LogP contribution in [0, 0.1) is 5.92 Å². The minimum absolute atomic E-state index is 0.189. The van der Waals surface area contributed by atoms with Crippen molar-refractivity contribution >= 4 is 11.7 Å². The zero-order valence-electron chi connectivity index (χ0n) is 10.0. The average molecular weight is 234 g/mol. The number of carbonyl (C=O) groups is 1. The molecule has 1 aromatic heterocycles. The van der Waals surface area contributed by atoms with Crippen molar-refractivity contribution in [1.82, 2.24) is 15.3 Å². The molecule has 0 aromatic carbocycles. The molecule has 1 aliphatic carbocycles. The van der Waals surface area contributed by atoms with Gasteiger partial charge in [0.05, 0.1) is 0 Å². The fourth-order valence-electron chi connectivity index (χ4n) is 2.18. The van der Waals surface area contributed by atoms with E-state index in [4.69, 9.17) is 5.73 Å². The van der Waals surface area contributed by atoms with Crippen LogP contribution >= 0.6 is 0 Å². The summed E-state index contributed by atoms with van der Waals surface area (Å²) in [5, 5.41) is 2.98. The van der Waals surface area contributed by atoms with E-state index in [1.54, 1.807) is 0 Å². The molecule has 0 spiro atoms. The molecule has 3 N–H and O–H groups in total. The van der Waals surface area contributed by atoms with E-state index in [0.29, 0.717) is 0 Å². The number of carbonyl (C=O) groups excluding carboxylic acids is 1. The van der Waals surface area contributed by atoms with Gasteiger partial charge >= 0.3 is 0 Å². The van der Waals surface area contributed by atoms with Gasteiger partial charge in [0.25, 0.3) is 5.91 Å². The molecule has 1 aliphatic rings. The summed E-state index contributed by atoms with van der Waals surface area (Å²) >= 11 is 0. The quantitative estimate of drug-likeness (QED) is 0.809. The normalized spacial score (nSPS) is 24.3. The Hall–Kier alpha value is -1.65. The number of amides is 1. The van der Waals surface area contributed by atoms with Gasteiger partial charge in [0.2, 0.25) is 0 Å². The van der Waals surface area contributed by atoms with Crippen LogP contribution in [0.3, 0.4) is 0 Å². The van der Waals surface area contributed by atoms with Gasteiger partial charge in [-0.05, 0) is 31.6 Å². The predicted molar refractivity (Wildman–Crippen MR) is 65.3 cm³/mol. The summed E-state index contributed by atoms with van der Waals surface area (Å²) in [6.07, 6.45) is 7.37. The summed E-state index contributed by atoms with van der Waals surface area (Å²) in [6, 6.07) is 0.250. The summed E-state index contributed by atoms with van der Waals surface area (Å²) in [5.74, 6) is 0.745. The summed E-state index contributed by atoms with van der Waals surface area (Å²) in [5.41, 5.74) is 5.84. The first-order chi connectivity index (χ1) is 8.16. The van der Waals surface area contributed by atoms with E-state index in [2.05, 4.69) is 22.2 Å². The van der Waals surface area contributed by atoms with Gasteiger partial charge in [-0.1, -0.05) is 6.92 Å². The standard InChI is InChI=1S/C12H18N4O/c1-8-2-4-9(5-3-8)16-12(17)10-11(13)15-7-6-14-10/h6-9H,2-5H2,1H3,(H2,13,15)(H,16,17). The Morgan fingerprint density at radius 3 is 2.59 bits per heavy atom. The summed E-state index contributed by atoms with van der Waals surface area (Å²) < 4.78 is 0. The van der Waals surface area contributed by atoms with Crippen LogP contribution in [0.15, 0.2) is 12.4 Å². The highest BCUT2D eigenvalue weighted by molar-refractivity contribution is 5.96. The van der Waals surface area contributed by atoms with Gasteiger partial charge in [-0.25, -0.2) is 9.97 Å². The fraction of sp³-hybridized carbons (Fsp3) is 0.583. The smallest absolute Gasteiger partial charge is 0.273 e. The number of anilines is 1. The van der Waals surface area contributed by atoms with Gasteiger partial charge in [0.1, 0.15) is 0 Å². The molecule has 1 amide bonds. The minimum atomic E-state index is -0.213. The fourth-order valence-corrected chi connectivity index (χ4v) is 2.18. The third-order valence-corrected chi connectivity index (χ3v) is 3.29. The highest BCUT2D eigenvalue weighted by Gasteiger charge is 2.21. The summed E-state index contributed by atoms with van der Waals surface area (Å²) in [4.78, 5) is 19.7. The monoisotopic (exact) mass is 234 g/mol. The maximum absolute atomic E-state index is 11.9. The molecule has 0 atom stereocenters. The molecule has 0 aliphatic heterocycles. The SMILES string of the molecule is CC1CCC(NC(=O)c2nccnc2N)CC1. The number of nitrogens with one attached hydrogen (secondary N) is 1. The third-order valence-electron chi connectivity index (χ3n) is 3.29. The molecule has 1 saturated carbocycles. The Kier molecular flexibility index (Phi) is 3.56. The number of nitrogens with zero attached hydrogens (tertiary/aromatic N) is 2. The van der Waals surface area contributed by atoms with Gasteiger partial charge in [-0.2, -0.15) is 0 Å². The number of nitrogen functional groups attached to an aromatic ring is 1. The predicted octanol–water partition coefficient (Wildman–Crippen LogP) is 1.37. The van der Waals surface area contributed by atoms with Crippen molar-refractivity contribution in [2.75, 3.05) is 5.73 Å². The Morgan fingerprint density at radius 1 is 1.29 bits per heavy atom. The highest BCUT2D eigenvalue weighted by atomic mass is 16.2. The lowest BCUT2D eigenvalue weighted by Crippen LogP contribution is -2.38. The number of aromatic nitrogens is 2. The van der Waals surface area contributed by atoms with E-state index in [1.165, 1.54) is 25.2 Å². The molecule has 92 valence electrons. The Labute approximate surface area is 101 Å². The maximum atomic E-state index is 11.9. The number of hydrogen-bond donors (Lipinski definition) is 2. The number of hydrogen-bond acceptors (Lipinski definition) is 4. The second-order valence-electron chi connectivity index (χ2n) is 4.72. The van der Waals surface area contributed by atoms with Crippen molar-refractivity contribution in [3.63, 3.8) is 0 Å². The van der Waals surface area contributed by atoms with Crippen molar-refractivity contribution in [2.24, 2.45) is 5.92 Å². The van der Waals surface area contributed by atoms with Crippen LogP contribution in [0.25, 0.3) is 0 Å². The van der Waals surface area contributed by atoms with Gasteiger partial charge in [-0.3, -0.25) is 4.79 Å². The molecule has 5 nitrogen and oxygen atoms in total. The van der Waals surface area contributed by atoms with Crippen molar-refractivity contribution < 1.29 is 4.79 Å². The second-order valence-corrected chi connectivity index (χ2v) is 4.72. The molecule has 1 fully saturated rings. The topological polar surface area (TPSA) is 80.9 Å². The van der Waals surface area contributed by atoms with E-state index < -0.39 is 0 Å². The first-order valence-electron chi connectivity index (χ1n) is 6.04. The first-order valence-corrected chi connectivity index (χ1v) is 6.04. The van der Waals surface area contributed by atoms with E-state index in [9.17, 15) is 4.79 Å². The highest BCUT2D eigenvalue weighted by Crippen LogP contribution is 2.23.